The molecule has 1 fully saturated rings. The number of rotatable bonds is 2. The molecular weight excluding hydrogens is 280 g/mol. The Labute approximate surface area is 129 Å². The second kappa shape index (κ2) is 6.09. The van der Waals surface area contributed by atoms with Gasteiger partial charge < -0.3 is 14.5 Å². The van der Waals surface area contributed by atoms with Crippen molar-refractivity contribution in [1.29, 1.82) is 0 Å². The topological polar surface area (TPSA) is 50.6 Å². The fraction of sp³-hybridized carbons (Fsp3) is 0.375. The number of aromatic nitrogens is 2. The van der Waals surface area contributed by atoms with Crippen molar-refractivity contribution in [3.05, 3.63) is 42.2 Å². The number of nitrogens with zero attached hydrogens (tertiary/aromatic N) is 4. The number of aryl methyl sites for hydroxylation is 1. The molecule has 1 amide bonds. The highest BCUT2D eigenvalue weighted by Crippen LogP contribution is 2.28. The lowest BCUT2D eigenvalue weighted by molar-refractivity contribution is 0.192. The molecule has 2 aromatic rings. The molecule has 6 nitrogen and oxygen atoms in total. The molecule has 2 heterocycles. The molecule has 0 spiro atoms. The average molecular weight is 300 g/mol. The SMILES string of the molecule is COc1ccccc1N1CCN(C(=O)n2cc(C)cn2)CC1. The first-order chi connectivity index (χ1) is 10.7. The van der Waals surface area contributed by atoms with E-state index in [4.69, 9.17) is 4.74 Å². The van der Waals surface area contributed by atoms with Crippen molar-refractivity contribution in [2.24, 2.45) is 0 Å². The molecule has 1 aromatic heterocycles. The van der Waals surface area contributed by atoms with Crippen LogP contribution < -0.4 is 9.64 Å². The quantitative estimate of drug-likeness (QED) is 0.851. The van der Waals surface area contributed by atoms with Crippen LogP contribution in [0, 0.1) is 6.92 Å². The van der Waals surface area contributed by atoms with Crippen molar-refractivity contribution >= 4 is 11.7 Å². The van der Waals surface area contributed by atoms with Gasteiger partial charge in [-0.25, -0.2) is 4.79 Å². The summed E-state index contributed by atoms with van der Waals surface area (Å²) in [6.07, 6.45) is 3.46. The van der Waals surface area contributed by atoms with Crippen molar-refractivity contribution in [1.82, 2.24) is 14.7 Å². The van der Waals surface area contributed by atoms with Crippen molar-refractivity contribution < 1.29 is 9.53 Å². The summed E-state index contributed by atoms with van der Waals surface area (Å²) in [6, 6.07) is 7.91. The number of piperazine rings is 1. The number of carbonyl (C=O) groups is 1. The van der Waals surface area contributed by atoms with E-state index in [9.17, 15) is 4.79 Å². The van der Waals surface area contributed by atoms with E-state index in [0.717, 1.165) is 30.1 Å². The molecule has 0 N–H and O–H groups in total. The molecule has 1 saturated heterocycles. The van der Waals surface area contributed by atoms with Crippen LogP contribution >= 0.6 is 0 Å². The van der Waals surface area contributed by atoms with Gasteiger partial charge in [0.05, 0.1) is 19.0 Å². The molecule has 1 aromatic carbocycles. The fourth-order valence-electron chi connectivity index (χ4n) is 2.69. The fourth-order valence-corrected chi connectivity index (χ4v) is 2.69. The number of benzene rings is 1. The van der Waals surface area contributed by atoms with E-state index in [0.29, 0.717) is 13.1 Å². The summed E-state index contributed by atoms with van der Waals surface area (Å²) >= 11 is 0. The number of hydrogen-bond acceptors (Lipinski definition) is 4. The van der Waals surface area contributed by atoms with Gasteiger partial charge in [0.2, 0.25) is 0 Å². The van der Waals surface area contributed by atoms with Crippen molar-refractivity contribution in [2.75, 3.05) is 38.2 Å². The van der Waals surface area contributed by atoms with Gasteiger partial charge >= 0.3 is 6.03 Å². The molecule has 1 aliphatic heterocycles. The molecular formula is C16H20N4O2. The van der Waals surface area contributed by atoms with Crippen LogP contribution in [0.3, 0.4) is 0 Å². The first-order valence-electron chi connectivity index (χ1n) is 7.37. The predicted molar refractivity (Wildman–Crippen MR) is 84.5 cm³/mol. The summed E-state index contributed by atoms with van der Waals surface area (Å²) in [6.45, 7) is 4.85. The number of para-hydroxylation sites is 2. The van der Waals surface area contributed by atoms with Gasteiger partial charge in [-0.05, 0) is 24.6 Å². The van der Waals surface area contributed by atoms with Crippen LogP contribution in [0.5, 0.6) is 5.75 Å². The summed E-state index contributed by atoms with van der Waals surface area (Å²) < 4.78 is 6.82. The van der Waals surface area contributed by atoms with Crippen molar-refractivity contribution in [3.8, 4) is 5.75 Å². The molecule has 0 saturated carbocycles. The van der Waals surface area contributed by atoms with Crippen LogP contribution in [0.15, 0.2) is 36.7 Å². The molecule has 22 heavy (non-hydrogen) atoms. The van der Waals surface area contributed by atoms with Gasteiger partial charge in [0.25, 0.3) is 0 Å². The molecule has 0 bridgehead atoms. The van der Waals surface area contributed by atoms with Gasteiger partial charge in [-0.15, -0.1) is 0 Å². The van der Waals surface area contributed by atoms with Gasteiger partial charge in [-0.3, -0.25) is 0 Å². The molecule has 0 atom stereocenters. The maximum atomic E-state index is 12.4. The minimum atomic E-state index is -0.0622. The van der Waals surface area contributed by atoms with E-state index in [1.54, 1.807) is 19.5 Å². The number of anilines is 1. The largest absolute Gasteiger partial charge is 0.495 e. The minimum absolute atomic E-state index is 0.0622. The Hall–Kier alpha value is -2.50. The van der Waals surface area contributed by atoms with E-state index in [-0.39, 0.29) is 6.03 Å². The van der Waals surface area contributed by atoms with Gasteiger partial charge in [0.15, 0.2) is 0 Å². The molecule has 0 unspecified atom stereocenters. The van der Waals surface area contributed by atoms with Crippen LogP contribution in [-0.4, -0.2) is 54.0 Å². The van der Waals surface area contributed by atoms with Crippen LogP contribution in [0.25, 0.3) is 0 Å². The third-order valence-electron chi connectivity index (χ3n) is 3.88. The summed E-state index contributed by atoms with van der Waals surface area (Å²) in [7, 11) is 1.68. The number of amides is 1. The van der Waals surface area contributed by atoms with E-state index >= 15 is 0 Å². The zero-order valence-corrected chi connectivity index (χ0v) is 12.9. The van der Waals surface area contributed by atoms with Gasteiger partial charge in [-0.1, -0.05) is 12.1 Å². The highest BCUT2D eigenvalue weighted by molar-refractivity contribution is 5.76. The van der Waals surface area contributed by atoms with Crippen LogP contribution in [0.4, 0.5) is 10.5 Å². The second-order valence-electron chi connectivity index (χ2n) is 5.39. The maximum Gasteiger partial charge on any atom is 0.344 e. The normalized spacial score (nSPS) is 15.0. The highest BCUT2D eigenvalue weighted by Gasteiger charge is 2.24. The molecule has 6 heteroatoms. The van der Waals surface area contributed by atoms with E-state index in [1.165, 1.54) is 4.68 Å². The van der Waals surface area contributed by atoms with Crippen LogP contribution in [-0.2, 0) is 0 Å². The Kier molecular flexibility index (Phi) is 4.00. The van der Waals surface area contributed by atoms with Gasteiger partial charge in [0.1, 0.15) is 5.75 Å². The zero-order chi connectivity index (χ0) is 15.5. The Bertz CT molecular complexity index is 660. The number of carbonyl (C=O) groups excluding carboxylic acids is 1. The Morgan fingerprint density at radius 2 is 1.91 bits per heavy atom. The van der Waals surface area contributed by atoms with Crippen molar-refractivity contribution in [2.45, 2.75) is 6.92 Å². The standard InChI is InChI=1S/C16H20N4O2/c1-13-11-17-20(12-13)16(21)19-9-7-18(8-10-19)14-5-3-4-6-15(14)22-2/h3-6,11-12H,7-10H2,1-2H3. The van der Waals surface area contributed by atoms with Crippen molar-refractivity contribution in [3.63, 3.8) is 0 Å². The van der Waals surface area contributed by atoms with Gasteiger partial charge in [0, 0.05) is 32.4 Å². The smallest absolute Gasteiger partial charge is 0.344 e. The summed E-state index contributed by atoms with van der Waals surface area (Å²) in [5.74, 6) is 0.866. The Morgan fingerprint density at radius 1 is 1.18 bits per heavy atom. The van der Waals surface area contributed by atoms with E-state index in [2.05, 4.69) is 10.00 Å². The third-order valence-corrected chi connectivity index (χ3v) is 3.88. The molecule has 116 valence electrons. The lowest BCUT2D eigenvalue weighted by Gasteiger charge is -2.36. The monoisotopic (exact) mass is 300 g/mol. The zero-order valence-electron chi connectivity index (χ0n) is 12.9. The maximum absolute atomic E-state index is 12.4. The minimum Gasteiger partial charge on any atom is -0.495 e. The lowest BCUT2D eigenvalue weighted by atomic mass is 10.2. The summed E-state index contributed by atoms with van der Waals surface area (Å²) in [4.78, 5) is 16.4. The molecule has 0 aliphatic carbocycles. The average Bonchev–Trinajstić information content (AvgIpc) is 3.01. The van der Waals surface area contributed by atoms with Gasteiger partial charge in [-0.2, -0.15) is 9.78 Å². The molecule has 3 rings (SSSR count). The summed E-state index contributed by atoms with van der Waals surface area (Å²) in [5, 5.41) is 4.09. The van der Waals surface area contributed by atoms with E-state index in [1.807, 2.05) is 36.1 Å². The lowest BCUT2D eigenvalue weighted by Crippen LogP contribution is -2.50. The number of methoxy groups -OCH3 is 1. The Balaban J connectivity index is 1.66. The predicted octanol–water partition coefficient (Wildman–Crippen LogP) is 1.99. The first-order valence-corrected chi connectivity index (χ1v) is 7.37. The highest BCUT2D eigenvalue weighted by atomic mass is 16.5. The third kappa shape index (κ3) is 2.77. The molecule has 0 radical (unpaired) electrons. The van der Waals surface area contributed by atoms with Crippen LogP contribution in [0.2, 0.25) is 0 Å². The van der Waals surface area contributed by atoms with E-state index < -0.39 is 0 Å². The number of hydrogen-bond donors (Lipinski definition) is 0. The second-order valence-corrected chi connectivity index (χ2v) is 5.39. The van der Waals surface area contributed by atoms with Crippen LogP contribution in [0.1, 0.15) is 5.56 Å². The summed E-state index contributed by atoms with van der Waals surface area (Å²) in [5.41, 5.74) is 2.06. The first kappa shape index (κ1) is 14.4. The number of ether oxygens (including phenoxy) is 1. The Morgan fingerprint density at radius 3 is 2.55 bits per heavy atom. The molecule has 1 aliphatic rings.